The number of rotatable bonds is 5. The van der Waals surface area contributed by atoms with E-state index in [1.807, 2.05) is 6.92 Å². The van der Waals surface area contributed by atoms with Crippen LogP contribution in [0.15, 0.2) is 24.3 Å². The van der Waals surface area contributed by atoms with Crippen molar-refractivity contribution in [2.45, 2.75) is 32.3 Å². The van der Waals surface area contributed by atoms with Crippen LogP contribution in [0.25, 0.3) is 0 Å². The van der Waals surface area contributed by atoms with E-state index in [-0.39, 0.29) is 18.2 Å². The molecule has 0 aliphatic rings. The van der Waals surface area contributed by atoms with Crippen LogP contribution in [0, 0.1) is 0 Å². The van der Waals surface area contributed by atoms with Gasteiger partial charge in [0.1, 0.15) is 5.75 Å². The number of benzene rings is 1. The Labute approximate surface area is 101 Å². The van der Waals surface area contributed by atoms with Crippen LogP contribution < -0.4 is 5.32 Å². The fourth-order valence-corrected chi connectivity index (χ4v) is 1.65. The van der Waals surface area contributed by atoms with Crippen LogP contribution in [-0.2, 0) is 0 Å². The van der Waals surface area contributed by atoms with Crippen LogP contribution in [0.4, 0.5) is 0 Å². The van der Waals surface area contributed by atoms with E-state index in [0.717, 1.165) is 6.42 Å². The number of hydrogen-bond acceptors (Lipinski definition) is 3. The van der Waals surface area contributed by atoms with E-state index in [1.54, 1.807) is 19.1 Å². The Balaban J connectivity index is 2.56. The molecule has 94 valence electrons. The van der Waals surface area contributed by atoms with E-state index in [9.17, 15) is 15.0 Å². The fraction of sp³-hybridized carbons (Fsp3) is 0.462. The second-order valence-corrected chi connectivity index (χ2v) is 4.48. The first-order valence-electron chi connectivity index (χ1n) is 5.74. The summed E-state index contributed by atoms with van der Waals surface area (Å²) in [4.78, 5) is 11.7. The van der Waals surface area contributed by atoms with Crippen LogP contribution in [0.1, 0.15) is 37.0 Å². The predicted molar refractivity (Wildman–Crippen MR) is 66.0 cm³/mol. The molecule has 0 saturated carbocycles. The molecular weight excluding hydrogens is 218 g/mol. The highest BCUT2D eigenvalue weighted by Gasteiger charge is 2.20. The van der Waals surface area contributed by atoms with Crippen LogP contribution in [0.5, 0.6) is 5.75 Å². The summed E-state index contributed by atoms with van der Waals surface area (Å²) in [6.45, 7) is 3.88. The van der Waals surface area contributed by atoms with Gasteiger partial charge in [-0.05, 0) is 31.5 Å². The zero-order valence-corrected chi connectivity index (χ0v) is 10.2. The molecular formula is C13H19NO3. The summed E-state index contributed by atoms with van der Waals surface area (Å²) >= 11 is 0. The topological polar surface area (TPSA) is 69.6 Å². The molecule has 0 bridgehead atoms. The number of phenolic OH excluding ortho intramolecular Hbond substituents is 1. The maximum atomic E-state index is 11.7. The number of nitrogens with one attached hydrogen (secondary N) is 1. The summed E-state index contributed by atoms with van der Waals surface area (Å²) < 4.78 is 0. The van der Waals surface area contributed by atoms with Gasteiger partial charge in [-0.2, -0.15) is 0 Å². The van der Waals surface area contributed by atoms with Crippen molar-refractivity contribution in [1.82, 2.24) is 5.32 Å². The van der Waals surface area contributed by atoms with Gasteiger partial charge in [-0.25, -0.2) is 0 Å². The quantitative estimate of drug-likeness (QED) is 0.729. The van der Waals surface area contributed by atoms with Crippen LogP contribution in [0.3, 0.4) is 0 Å². The number of hydrogen-bond donors (Lipinski definition) is 3. The van der Waals surface area contributed by atoms with Crippen LogP contribution >= 0.6 is 0 Å². The lowest BCUT2D eigenvalue weighted by atomic mass is 10.0. The molecule has 1 rings (SSSR count). The number of aromatic hydroxyl groups is 1. The van der Waals surface area contributed by atoms with E-state index in [4.69, 9.17) is 0 Å². The lowest BCUT2D eigenvalue weighted by molar-refractivity contribution is 0.0469. The second-order valence-electron chi connectivity index (χ2n) is 4.48. The van der Waals surface area contributed by atoms with Crippen molar-refractivity contribution in [1.29, 1.82) is 0 Å². The third kappa shape index (κ3) is 4.44. The third-order valence-corrected chi connectivity index (χ3v) is 2.53. The van der Waals surface area contributed by atoms with Gasteiger partial charge >= 0.3 is 0 Å². The minimum atomic E-state index is -0.888. The van der Waals surface area contributed by atoms with Gasteiger partial charge in [-0.15, -0.1) is 0 Å². The molecule has 0 aliphatic carbocycles. The standard InChI is InChI=1S/C13H19NO3/c1-3-7-13(2,17)9-14-12(16)10-5-4-6-11(15)8-10/h4-6,8,15,17H,3,7,9H2,1-2H3,(H,14,16). The molecule has 4 heteroatoms. The van der Waals surface area contributed by atoms with Crippen LogP contribution in [0.2, 0.25) is 0 Å². The first kappa shape index (κ1) is 13.5. The van der Waals surface area contributed by atoms with Gasteiger partial charge in [-0.1, -0.05) is 19.4 Å². The molecule has 0 aromatic heterocycles. The highest BCUT2D eigenvalue weighted by molar-refractivity contribution is 5.94. The monoisotopic (exact) mass is 237 g/mol. The summed E-state index contributed by atoms with van der Waals surface area (Å²) in [7, 11) is 0. The van der Waals surface area contributed by atoms with E-state index in [0.29, 0.717) is 12.0 Å². The average molecular weight is 237 g/mol. The Morgan fingerprint density at radius 3 is 2.76 bits per heavy atom. The molecule has 4 nitrogen and oxygen atoms in total. The van der Waals surface area contributed by atoms with E-state index >= 15 is 0 Å². The molecule has 0 fully saturated rings. The van der Waals surface area contributed by atoms with Crippen molar-refractivity contribution in [3.63, 3.8) is 0 Å². The minimum Gasteiger partial charge on any atom is -0.508 e. The molecule has 1 aromatic carbocycles. The molecule has 1 aromatic rings. The van der Waals surface area contributed by atoms with Crippen molar-refractivity contribution < 1.29 is 15.0 Å². The maximum Gasteiger partial charge on any atom is 0.251 e. The first-order chi connectivity index (χ1) is 7.94. The highest BCUT2D eigenvalue weighted by atomic mass is 16.3. The van der Waals surface area contributed by atoms with Crippen molar-refractivity contribution in [3.05, 3.63) is 29.8 Å². The number of amides is 1. The van der Waals surface area contributed by atoms with Gasteiger partial charge in [0.25, 0.3) is 5.91 Å². The summed E-state index contributed by atoms with van der Waals surface area (Å²) in [5, 5.41) is 21.8. The predicted octanol–water partition coefficient (Wildman–Crippen LogP) is 1.67. The van der Waals surface area contributed by atoms with E-state index in [2.05, 4.69) is 5.32 Å². The first-order valence-corrected chi connectivity index (χ1v) is 5.74. The van der Waals surface area contributed by atoms with Gasteiger partial charge in [0.2, 0.25) is 0 Å². The second kappa shape index (κ2) is 5.68. The van der Waals surface area contributed by atoms with Gasteiger partial charge in [0.05, 0.1) is 5.60 Å². The van der Waals surface area contributed by atoms with Crippen molar-refractivity contribution >= 4 is 5.91 Å². The zero-order chi connectivity index (χ0) is 12.9. The zero-order valence-electron chi connectivity index (χ0n) is 10.2. The molecule has 17 heavy (non-hydrogen) atoms. The van der Waals surface area contributed by atoms with Crippen molar-refractivity contribution in [2.24, 2.45) is 0 Å². The molecule has 0 radical (unpaired) electrons. The number of phenols is 1. The average Bonchev–Trinajstić information content (AvgIpc) is 2.26. The lowest BCUT2D eigenvalue weighted by Crippen LogP contribution is -2.40. The van der Waals surface area contributed by atoms with Crippen molar-refractivity contribution in [2.75, 3.05) is 6.54 Å². The normalized spacial score (nSPS) is 14.1. The lowest BCUT2D eigenvalue weighted by Gasteiger charge is -2.22. The van der Waals surface area contributed by atoms with E-state index in [1.165, 1.54) is 12.1 Å². The molecule has 0 saturated heterocycles. The van der Waals surface area contributed by atoms with Gasteiger partial charge < -0.3 is 15.5 Å². The summed E-state index contributed by atoms with van der Waals surface area (Å²) in [5.41, 5.74) is -0.501. The Morgan fingerprint density at radius 2 is 2.18 bits per heavy atom. The molecule has 1 unspecified atom stereocenters. The molecule has 3 N–H and O–H groups in total. The van der Waals surface area contributed by atoms with Gasteiger partial charge in [-0.3, -0.25) is 4.79 Å². The Kier molecular flexibility index (Phi) is 4.52. The smallest absolute Gasteiger partial charge is 0.251 e. The Morgan fingerprint density at radius 1 is 1.47 bits per heavy atom. The minimum absolute atomic E-state index is 0.0537. The summed E-state index contributed by atoms with van der Waals surface area (Å²) in [6, 6.07) is 6.12. The molecule has 0 heterocycles. The molecule has 1 amide bonds. The number of aliphatic hydroxyl groups is 1. The van der Waals surface area contributed by atoms with E-state index < -0.39 is 5.60 Å². The third-order valence-electron chi connectivity index (χ3n) is 2.53. The van der Waals surface area contributed by atoms with Gasteiger partial charge in [0.15, 0.2) is 0 Å². The Hall–Kier alpha value is -1.55. The molecule has 0 aliphatic heterocycles. The molecule has 1 atom stereocenters. The fourth-order valence-electron chi connectivity index (χ4n) is 1.65. The maximum absolute atomic E-state index is 11.7. The van der Waals surface area contributed by atoms with Crippen molar-refractivity contribution in [3.8, 4) is 5.75 Å². The summed E-state index contributed by atoms with van der Waals surface area (Å²) in [6.07, 6.45) is 1.49. The van der Waals surface area contributed by atoms with Crippen LogP contribution in [-0.4, -0.2) is 28.3 Å². The number of carbonyl (C=O) groups excluding carboxylic acids is 1. The Bertz CT molecular complexity index is 388. The number of carbonyl (C=O) groups is 1. The molecule has 0 spiro atoms. The highest BCUT2D eigenvalue weighted by Crippen LogP contribution is 2.12. The largest absolute Gasteiger partial charge is 0.508 e. The summed E-state index contributed by atoms with van der Waals surface area (Å²) in [5.74, 6) is -0.241. The SMILES string of the molecule is CCCC(C)(O)CNC(=O)c1cccc(O)c1. The van der Waals surface area contributed by atoms with Gasteiger partial charge in [0, 0.05) is 12.1 Å².